The highest BCUT2D eigenvalue weighted by molar-refractivity contribution is 5.80. The smallest absolute Gasteiger partial charge is 0.306 e. The van der Waals surface area contributed by atoms with E-state index in [1.807, 2.05) is 11.8 Å². The minimum atomic E-state index is -0.0952. The molecule has 1 N–H and O–H groups in total. The zero-order valence-electron chi connectivity index (χ0n) is 15.6. The van der Waals surface area contributed by atoms with Crippen LogP contribution in [0.4, 0.5) is 0 Å². The van der Waals surface area contributed by atoms with Gasteiger partial charge in [-0.1, -0.05) is 0 Å². The molecule has 0 spiro atoms. The van der Waals surface area contributed by atoms with Gasteiger partial charge in [0.15, 0.2) is 5.96 Å². The number of ether oxygens (including phenoxy) is 1. The van der Waals surface area contributed by atoms with E-state index < -0.39 is 0 Å². The molecule has 2 aliphatic rings. The summed E-state index contributed by atoms with van der Waals surface area (Å²) in [7, 11) is 0. The molecule has 1 heterocycles. The quantitative estimate of drug-likeness (QED) is 0.338. The Hall–Kier alpha value is -1.79. The molecular weight excluding hydrogens is 320 g/mol. The van der Waals surface area contributed by atoms with Gasteiger partial charge in [0, 0.05) is 52.6 Å². The van der Waals surface area contributed by atoms with E-state index >= 15 is 0 Å². The summed E-state index contributed by atoms with van der Waals surface area (Å²) in [4.78, 5) is 31.9. The van der Waals surface area contributed by atoms with E-state index in [1.54, 1.807) is 6.92 Å². The van der Waals surface area contributed by atoms with Crippen molar-refractivity contribution >= 4 is 17.8 Å². The molecule has 25 heavy (non-hydrogen) atoms. The predicted molar refractivity (Wildman–Crippen MR) is 97.4 cm³/mol. The van der Waals surface area contributed by atoms with Gasteiger partial charge in [-0.2, -0.15) is 0 Å². The number of hydrogen-bond acceptors (Lipinski definition) is 4. The number of hydrogen-bond donors (Lipinski definition) is 1. The monoisotopic (exact) mass is 352 g/mol. The highest BCUT2D eigenvalue weighted by Crippen LogP contribution is 2.21. The Kier molecular flexibility index (Phi) is 8.01. The van der Waals surface area contributed by atoms with Gasteiger partial charge in [-0.25, -0.2) is 0 Å². The van der Waals surface area contributed by atoms with Gasteiger partial charge in [-0.15, -0.1) is 0 Å². The predicted octanol–water partition coefficient (Wildman–Crippen LogP) is 1.38. The van der Waals surface area contributed by atoms with E-state index in [0.717, 1.165) is 51.5 Å². The highest BCUT2D eigenvalue weighted by Gasteiger charge is 2.21. The SMILES string of the molecule is CCNC(=NCCCC(=O)OC1CCCC1)N1CCN(C(C)=O)CC1. The van der Waals surface area contributed by atoms with Crippen molar-refractivity contribution in [2.45, 2.75) is 58.5 Å². The Morgan fingerprint density at radius 3 is 2.36 bits per heavy atom. The molecule has 2 fully saturated rings. The van der Waals surface area contributed by atoms with Crippen molar-refractivity contribution in [3.05, 3.63) is 0 Å². The summed E-state index contributed by atoms with van der Waals surface area (Å²) in [6.07, 6.45) is 5.65. The number of nitrogens with one attached hydrogen (secondary N) is 1. The topological polar surface area (TPSA) is 74.2 Å². The van der Waals surface area contributed by atoms with Crippen molar-refractivity contribution in [3.63, 3.8) is 0 Å². The van der Waals surface area contributed by atoms with Gasteiger partial charge in [0.2, 0.25) is 5.91 Å². The van der Waals surface area contributed by atoms with E-state index in [1.165, 1.54) is 12.8 Å². The normalized spacial score (nSPS) is 19.2. The summed E-state index contributed by atoms with van der Waals surface area (Å²) in [5.74, 6) is 0.902. The van der Waals surface area contributed by atoms with Crippen molar-refractivity contribution in [2.75, 3.05) is 39.3 Å². The third-order valence-corrected chi connectivity index (χ3v) is 4.76. The average molecular weight is 352 g/mol. The molecule has 0 radical (unpaired) electrons. The minimum Gasteiger partial charge on any atom is -0.462 e. The molecule has 0 unspecified atom stereocenters. The lowest BCUT2D eigenvalue weighted by atomic mass is 10.3. The number of esters is 1. The van der Waals surface area contributed by atoms with Crippen LogP contribution in [0.3, 0.4) is 0 Å². The van der Waals surface area contributed by atoms with Crippen LogP contribution in [-0.4, -0.2) is 73.0 Å². The van der Waals surface area contributed by atoms with Crippen molar-refractivity contribution in [3.8, 4) is 0 Å². The fourth-order valence-electron chi connectivity index (χ4n) is 3.32. The molecule has 1 aliphatic carbocycles. The molecule has 0 aromatic heterocycles. The van der Waals surface area contributed by atoms with Crippen LogP contribution in [0.25, 0.3) is 0 Å². The van der Waals surface area contributed by atoms with Gasteiger partial charge in [0.1, 0.15) is 6.10 Å². The second-order valence-corrected chi connectivity index (χ2v) is 6.73. The number of carbonyl (C=O) groups excluding carboxylic acids is 2. The van der Waals surface area contributed by atoms with Gasteiger partial charge < -0.3 is 19.9 Å². The largest absolute Gasteiger partial charge is 0.462 e. The zero-order valence-corrected chi connectivity index (χ0v) is 15.6. The van der Waals surface area contributed by atoms with Crippen molar-refractivity contribution < 1.29 is 14.3 Å². The summed E-state index contributed by atoms with van der Waals surface area (Å²) in [5.41, 5.74) is 0. The highest BCUT2D eigenvalue weighted by atomic mass is 16.5. The third-order valence-electron chi connectivity index (χ3n) is 4.76. The fourth-order valence-corrected chi connectivity index (χ4v) is 3.32. The Morgan fingerprint density at radius 1 is 1.12 bits per heavy atom. The molecule has 0 aromatic carbocycles. The average Bonchev–Trinajstić information content (AvgIpc) is 3.10. The molecule has 142 valence electrons. The van der Waals surface area contributed by atoms with Crippen LogP contribution in [0.2, 0.25) is 0 Å². The first-order valence-corrected chi connectivity index (χ1v) is 9.58. The van der Waals surface area contributed by atoms with Crippen LogP contribution in [0.1, 0.15) is 52.4 Å². The van der Waals surface area contributed by atoms with E-state index in [4.69, 9.17) is 4.74 Å². The first kappa shape index (κ1) is 19.5. The Bertz CT molecular complexity index is 467. The molecule has 2 rings (SSSR count). The molecule has 0 atom stereocenters. The van der Waals surface area contributed by atoms with E-state index in [2.05, 4.69) is 15.2 Å². The maximum atomic E-state index is 11.8. The molecule has 1 aliphatic heterocycles. The molecular formula is C18H32N4O3. The molecule has 0 bridgehead atoms. The number of guanidine groups is 1. The molecule has 7 nitrogen and oxygen atoms in total. The van der Waals surface area contributed by atoms with Gasteiger partial charge >= 0.3 is 5.97 Å². The van der Waals surface area contributed by atoms with Crippen LogP contribution in [0.15, 0.2) is 4.99 Å². The molecule has 1 saturated carbocycles. The number of aliphatic imine (C=N–C) groups is 1. The number of nitrogens with zero attached hydrogens (tertiary/aromatic N) is 3. The fraction of sp³-hybridized carbons (Fsp3) is 0.833. The second kappa shape index (κ2) is 10.3. The van der Waals surface area contributed by atoms with Gasteiger partial charge in [-0.3, -0.25) is 14.6 Å². The number of rotatable bonds is 6. The Morgan fingerprint density at radius 2 is 1.76 bits per heavy atom. The van der Waals surface area contributed by atoms with Crippen molar-refractivity contribution in [1.29, 1.82) is 0 Å². The van der Waals surface area contributed by atoms with Crippen molar-refractivity contribution in [2.24, 2.45) is 4.99 Å². The van der Waals surface area contributed by atoms with Crippen LogP contribution in [0.5, 0.6) is 0 Å². The summed E-state index contributed by atoms with van der Waals surface area (Å²) in [6.45, 7) is 8.09. The molecule has 7 heteroatoms. The first-order chi connectivity index (χ1) is 12.1. The maximum Gasteiger partial charge on any atom is 0.306 e. The van der Waals surface area contributed by atoms with E-state index in [-0.39, 0.29) is 18.0 Å². The summed E-state index contributed by atoms with van der Waals surface area (Å²) >= 11 is 0. The summed E-state index contributed by atoms with van der Waals surface area (Å²) in [6, 6.07) is 0. The van der Waals surface area contributed by atoms with Crippen LogP contribution in [0, 0.1) is 0 Å². The minimum absolute atomic E-state index is 0.0952. The lowest BCUT2D eigenvalue weighted by molar-refractivity contribution is -0.148. The van der Waals surface area contributed by atoms with Crippen LogP contribution < -0.4 is 5.32 Å². The zero-order chi connectivity index (χ0) is 18.1. The molecule has 0 aromatic rings. The number of carbonyl (C=O) groups is 2. The second-order valence-electron chi connectivity index (χ2n) is 6.73. The standard InChI is InChI=1S/C18H32N4O3/c1-3-19-18(22-13-11-21(12-14-22)15(2)23)20-10-6-9-17(24)25-16-7-4-5-8-16/h16H,3-14H2,1-2H3,(H,19,20). The van der Waals surface area contributed by atoms with Crippen LogP contribution >= 0.6 is 0 Å². The Balaban J connectivity index is 1.71. The van der Waals surface area contributed by atoms with Gasteiger partial charge in [0.25, 0.3) is 0 Å². The lowest BCUT2D eigenvalue weighted by Crippen LogP contribution is -2.53. The van der Waals surface area contributed by atoms with E-state index in [0.29, 0.717) is 19.4 Å². The number of amides is 1. The summed E-state index contributed by atoms with van der Waals surface area (Å²) in [5, 5.41) is 3.30. The maximum absolute atomic E-state index is 11.8. The first-order valence-electron chi connectivity index (χ1n) is 9.58. The van der Waals surface area contributed by atoms with Crippen molar-refractivity contribution in [1.82, 2.24) is 15.1 Å². The Labute approximate surface area is 150 Å². The molecule has 1 saturated heterocycles. The molecule has 1 amide bonds. The summed E-state index contributed by atoms with van der Waals surface area (Å²) < 4.78 is 5.47. The van der Waals surface area contributed by atoms with Gasteiger partial charge in [0.05, 0.1) is 0 Å². The third kappa shape index (κ3) is 6.55. The number of piperazine rings is 1. The lowest BCUT2D eigenvalue weighted by Gasteiger charge is -2.36. The van der Waals surface area contributed by atoms with Crippen LogP contribution in [-0.2, 0) is 14.3 Å². The van der Waals surface area contributed by atoms with Gasteiger partial charge in [-0.05, 0) is 39.0 Å². The van der Waals surface area contributed by atoms with E-state index in [9.17, 15) is 9.59 Å².